The van der Waals surface area contributed by atoms with Crippen LogP contribution in [0, 0.1) is 0 Å². The lowest BCUT2D eigenvalue weighted by molar-refractivity contribution is 0.101. The first kappa shape index (κ1) is 13.4. The van der Waals surface area contributed by atoms with E-state index in [1.54, 1.807) is 23.5 Å². The van der Waals surface area contributed by atoms with E-state index >= 15 is 0 Å². The van der Waals surface area contributed by atoms with Crippen LogP contribution in [0.4, 0.5) is 5.69 Å². The van der Waals surface area contributed by atoms with Gasteiger partial charge in [0.25, 0.3) is 5.91 Å². The molecule has 3 N–H and O–H groups in total. The summed E-state index contributed by atoms with van der Waals surface area (Å²) in [5.74, 6) is 0.337. The number of fused-ring (bicyclic) bond motifs is 2. The Balaban J connectivity index is 1.64. The first-order chi connectivity index (χ1) is 10.7. The summed E-state index contributed by atoms with van der Waals surface area (Å²) in [7, 11) is 0. The fourth-order valence-corrected chi connectivity index (χ4v) is 3.45. The van der Waals surface area contributed by atoms with Crippen LogP contribution in [0.15, 0.2) is 35.7 Å². The van der Waals surface area contributed by atoms with Gasteiger partial charge in [-0.25, -0.2) is 0 Å². The molecule has 0 unspecified atom stereocenters. The average Bonchev–Trinajstić information content (AvgIpc) is 3.09. The molecule has 4 rings (SSSR count). The van der Waals surface area contributed by atoms with Crippen molar-refractivity contribution in [2.75, 3.05) is 11.9 Å². The first-order valence-electron chi connectivity index (χ1n) is 7.04. The highest BCUT2D eigenvalue weighted by molar-refractivity contribution is 7.17. The molecule has 5 nitrogen and oxygen atoms in total. The highest BCUT2D eigenvalue weighted by Gasteiger charge is 2.23. The smallest absolute Gasteiger partial charge is 0.272 e. The zero-order chi connectivity index (χ0) is 15.1. The number of anilines is 1. The minimum absolute atomic E-state index is 0.222. The number of ether oxygens (including phenoxy) is 1. The van der Waals surface area contributed by atoms with Crippen molar-refractivity contribution < 1.29 is 14.6 Å². The lowest BCUT2D eigenvalue weighted by Crippen LogP contribution is -2.18. The quantitative estimate of drug-likeness (QED) is 0.679. The Bertz CT molecular complexity index is 824. The van der Waals surface area contributed by atoms with Crippen LogP contribution in [0.1, 0.15) is 28.6 Å². The molecule has 0 aliphatic carbocycles. The van der Waals surface area contributed by atoms with Gasteiger partial charge in [-0.2, -0.15) is 0 Å². The number of carbonyl (C=O) groups is 1. The molecular weight excluding hydrogens is 300 g/mol. The van der Waals surface area contributed by atoms with E-state index in [4.69, 9.17) is 4.74 Å². The molecule has 0 fully saturated rings. The van der Waals surface area contributed by atoms with Gasteiger partial charge >= 0.3 is 0 Å². The monoisotopic (exact) mass is 314 g/mol. The molecule has 1 atom stereocenters. The summed E-state index contributed by atoms with van der Waals surface area (Å²) in [5, 5.41) is 14.8. The van der Waals surface area contributed by atoms with Crippen LogP contribution in [-0.4, -0.2) is 22.6 Å². The van der Waals surface area contributed by atoms with Crippen LogP contribution in [0.3, 0.4) is 0 Å². The molecule has 22 heavy (non-hydrogen) atoms. The maximum atomic E-state index is 12.4. The Morgan fingerprint density at radius 3 is 3.18 bits per heavy atom. The van der Waals surface area contributed by atoms with E-state index in [9.17, 15) is 9.90 Å². The summed E-state index contributed by atoms with van der Waals surface area (Å²) < 4.78 is 6.67. The van der Waals surface area contributed by atoms with Gasteiger partial charge in [0.2, 0.25) is 0 Å². The van der Waals surface area contributed by atoms with E-state index in [0.29, 0.717) is 30.2 Å². The van der Waals surface area contributed by atoms with E-state index in [0.717, 1.165) is 15.8 Å². The third-order valence-corrected chi connectivity index (χ3v) is 4.64. The predicted octanol–water partition coefficient (Wildman–Crippen LogP) is 3.30. The van der Waals surface area contributed by atoms with Crippen molar-refractivity contribution >= 4 is 33.1 Å². The molecule has 112 valence electrons. The zero-order valence-corrected chi connectivity index (χ0v) is 12.4. The Kier molecular flexibility index (Phi) is 3.13. The standard InChI is InChI=1S/C16H14N2O3S/c19-13-4-6-21-15-9(13)2-1-3-11(15)18-16(20)12-8-14-10(17-12)5-7-22-14/h1-3,5,7-8,13,17,19H,4,6H2,(H,18,20)/t13-/m0/s1. The lowest BCUT2D eigenvalue weighted by atomic mass is 10.0. The fraction of sp³-hybridized carbons (Fsp3) is 0.188. The first-order valence-corrected chi connectivity index (χ1v) is 7.91. The minimum Gasteiger partial charge on any atom is -0.491 e. The minimum atomic E-state index is -0.545. The van der Waals surface area contributed by atoms with Crippen molar-refractivity contribution in [2.24, 2.45) is 0 Å². The molecule has 2 aromatic heterocycles. The van der Waals surface area contributed by atoms with Crippen LogP contribution < -0.4 is 10.1 Å². The number of para-hydroxylation sites is 1. The SMILES string of the molecule is O=C(Nc1cccc2c1OCC[C@@H]2O)c1cc2sccc2[nH]1. The normalized spacial score (nSPS) is 17.0. The van der Waals surface area contributed by atoms with Crippen LogP contribution in [0.2, 0.25) is 0 Å². The van der Waals surface area contributed by atoms with Gasteiger partial charge in [0.1, 0.15) is 11.4 Å². The number of H-pyrrole nitrogens is 1. The Morgan fingerprint density at radius 2 is 2.32 bits per heavy atom. The molecule has 1 aliphatic heterocycles. The molecule has 0 saturated carbocycles. The molecule has 0 bridgehead atoms. The summed E-state index contributed by atoms with van der Waals surface area (Å²) in [4.78, 5) is 15.5. The number of rotatable bonds is 2. The van der Waals surface area contributed by atoms with Crippen molar-refractivity contribution in [3.8, 4) is 5.75 Å². The van der Waals surface area contributed by atoms with Gasteiger partial charge in [0.05, 0.1) is 28.6 Å². The molecule has 0 radical (unpaired) electrons. The van der Waals surface area contributed by atoms with E-state index in [2.05, 4.69) is 10.3 Å². The molecule has 3 aromatic rings. The van der Waals surface area contributed by atoms with Crippen molar-refractivity contribution in [1.82, 2.24) is 4.98 Å². The zero-order valence-electron chi connectivity index (χ0n) is 11.6. The van der Waals surface area contributed by atoms with Crippen molar-refractivity contribution in [3.63, 3.8) is 0 Å². The third-order valence-electron chi connectivity index (χ3n) is 3.77. The maximum Gasteiger partial charge on any atom is 0.272 e. The summed E-state index contributed by atoms with van der Waals surface area (Å²) in [6, 6.07) is 9.18. The number of thiophene rings is 1. The van der Waals surface area contributed by atoms with Gasteiger partial charge in [-0.3, -0.25) is 4.79 Å². The van der Waals surface area contributed by atoms with Gasteiger partial charge in [-0.15, -0.1) is 11.3 Å². The highest BCUT2D eigenvalue weighted by Crippen LogP contribution is 2.38. The maximum absolute atomic E-state index is 12.4. The number of hydrogen-bond donors (Lipinski definition) is 3. The molecule has 1 aliphatic rings. The third kappa shape index (κ3) is 2.17. The van der Waals surface area contributed by atoms with Crippen LogP contribution in [0.5, 0.6) is 5.75 Å². The molecule has 3 heterocycles. The number of nitrogens with one attached hydrogen (secondary N) is 2. The van der Waals surface area contributed by atoms with Crippen molar-refractivity contribution in [2.45, 2.75) is 12.5 Å². The number of aromatic nitrogens is 1. The molecule has 0 spiro atoms. The Hall–Kier alpha value is -2.31. The van der Waals surface area contributed by atoms with E-state index in [-0.39, 0.29) is 5.91 Å². The van der Waals surface area contributed by atoms with Gasteiger partial charge in [0.15, 0.2) is 0 Å². The van der Waals surface area contributed by atoms with E-state index in [1.165, 1.54) is 0 Å². The number of benzene rings is 1. The van der Waals surface area contributed by atoms with Crippen LogP contribution >= 0.6 is 11.3 Å². The van der Waals surface area contributed by atoms with E-state index in [1.807, 2.05) is 23.6 Å². The average molecular weight is 314 g/mol. The topological polar surface area (TPSA) is 74.3 Å². The predicted molar refractivity (Wildman–Crippen MR) is 85.6 cm³/mol. The second kappa shape index (κ2) is 5.15. The van der Waals surface area contributed by atoms with Crippen molar-refractivity contribution in [1.29, 1.82) is 0 Å². The Labute approximate surface area is 130 Å². The summed E-state index contributed by atoms with van der Waals surface area (Å²) in [5.41, 5.74) is 2.77. The molecular formula is C16H14N2O3S. The summed E-state index contributed by atoms with van der Waals surface area (Å²) in [6.45, 7) is 0.444. The van der Waals surface area contributed by atoms with Gasteiger partial charge in [0, 0.05) is 12.0 Å². The number of aromatic amines is 1. The lowest BCUT2D eigenvalue weighted by Gasteiger charge is -2.24. The van der Waals surface area contributed by atoms with Gasteiger partial charge < -0.3 is 20.1 Å². The molecule has 1 amide bonds. The second-order valence-electron chi connectivity index (χ2n) is 5.21. The largest absolute Gasteiger partial charge is 0.491 e. The fourth-order valence-electron chi connectivity index (χ4n) is 2.67. The number of aliphatic hydroxyl groups excluding tert-OH is 1. The van der Waals surface area contributed by atoms with Crippen LogP contribution in [0.25, 0.3) is 10.2 Å². The molecule has 6 heteroatoms. The highest BCUT2D eigenvalue weighted by atomic mass is 32.1. The number of amides is 1. The van der Waals surface area contributed by atoms with Gasteiger partial charge in [-0.1, -0.05) is 12.1 Å². The Morgan fingerprint density at radius 1 is 1.41 bits per heavy atom. The summed E-state index contributed by atoms with van der Waals surface area (Å²) >= 11 is 1.59. The van der Waals surface area contributed by atoms with Crippen LogP contribution in [-0.2, 0) is 0 Å². The number of carbonyl (C=O) groups excluding carboxylic acids is 1. The molecule has 1 aromatic carbocycles. The van der Waals surface area contributed by atoms with Crippen molar-refractivity contribution in [3.05, 3.63) is 47.0 Å². The number of aliphatic hydroxyl groups is 1. The van der Waals surface area contributed by atoms with Gasteiger partial charge in [-0.05, 0) is 23.6 Å². The summed E-state index contributed by atoms with van der Waals surface area (Å²) in [6.07, 6.45) is 0.0218. The number of hydrogen-bond acceptors (Lipinski definition) is 4. The van der Waals surface area contributed by atoms with E-state index < -0.39 is 6.10 Å². The molecule has 0 saturated heterocycles. The second-order valence-corrected chi connectivity index (χ2v) is 6.16.